The van der Waals surface area contributed by atoms with E-state index in [-0.39, 0.29) is 24.8 Å². The highest BCUT2D eigenvalue weighted by atomic mass is 16.5. The van der Waals surface area contributed by atoms with Gasteiger partial charge in [-0.25, -0.2) is 5.43 Å². The van der Waals surface area contributed by atoms with Crippen LogP contribution < -0.4 is 15.6 Å². The number of amides is 2. The van der Waals surface area contributed by atoms with Crippen molar-refractivity contribution in [3.8, 4) is 0 Å². The van der Waals surface area contributed by atoms with Gasteiger partial charge in [0.05, 0.1) is 6.42 Å². The summed E-state index contributed by atoms with van der Waals surface area (Å²) in [6.07, 6.45) is 0.0999. The van der Waals surface area contributed by atoms with Crippen molar-refractivity contribution in [2.24, 2.45) is 5.10 Å². The molecule has 2 amide bonds. The summed E-state index contributed by atoms with van der Waals surface area (Å²) in [4.78, 5) is 25.0. The molecule has 1 aromatic carbocycles. The van der Waals surface area contributed by atoms with Crippen molar-refractivity contribution in [2.45, 2.75) is 13.3 Å². The molecule has 0 aliphatic rings. The van der Waals surface area contributed by atoms with Crippen LogP contribution in [0, 0.1) is 0 Å². The fraction of sp³-hybridized carbons (Fsp3) is 0.400. The van der Waals surface area contributed by atoms with Gasteiger partial charge in [0, 0.05) is 38.3 Å². The summed E-state index contributed by atoms with van der Waals surface area (Å²) >= 11 is 0. The van der Waals surface area contributed by atoms with Gasteiger partial charge in [-0.3, -0.25) is 9.59 Å². The van der Waals surface area contributed by atoms with Crippen LogP contribution in [0.15, 0.2) is 29.4 Å². The predicted molar refractivity (Wildman–Crippen MR) is 87.1 cm³/mol. The van der Waals surface area contributed by atoms with Crippen LogP contribution >= 0.6 is 0 Å². The van der Waals surface area contributed by atoms with Crippen LogP contribution in [-0.2, 0) is 14.3 Å². The normalized spacial score (nSPS) is 11.0. The summed E-state index contributed by atoms with van der Waals surface area (Å²) in [6.45, 7) is 1.60. The second-order valence-electron chi connectivity index (χ2n) is 4.98. The van der Waals surface area contributed by atoms with Gasteiger partial charge < -0.3 is 15.0 Å². The molecule has 120 valence electrons. The molecule has 7 nitrogen and oxygen atoms in total. The zero-order chi connectivity index (χ0) is 16.5. The van der Waals surface area contributed by atoms with E-state index in [1.54, 1.807) is 6.92 Å². The molecule has 0 saturated heterocycles. The number of rotatable bonds is 7. The Bertz CT molecular complexity index is 538. The molecular weight excluding hydrogens is 284 g/mol. The smallest absolute Gasteiger partial charge is 0.266 e. The number of hydrogen-bond donors (Lipinski definition) is 2. The van der Waals surface area contributed by atoms with E-state index in [0.717, 1.165) is 5.69 Å². The number of carbonyl (C=O) groups is 2. The Morgan fingerprint density at radius 3 is 2.36 bits per heavy atom. The Hall–Kier alpha value is -2.41. The minimum absolute atomic E-state index is 0.0683. The maximum Gasteiger partial charge on any atom is 0.266 e. The second kappa shape index (κ2) is 8.78. The lowest BCUT2D eigenvalue weighted by Gasteiger charge is -2.13. The van der Waals surface area contributed by atoms with Crippen LogP contribution in [0.3, 0.4) is 0 Å². The van der Waals surface area contributed by atoms with Crippen molar-refractivity contribution >= 4 is 28.9 Å². The van der Waals surface area contributed by atoms with Gasteiger partial charge in [-0.2, -0.15) is 5.10 Å². The number of nitrogens with zero attached hydrogens (tertiary/aromatic N) is 2. The highest BCUT2D eigenvalue weighted by Gasteiger charge is 2.06. The lowest BCUT2D eigenvalue weighted by Crippen LogP contribution is -2.24. The molecular formula is C15H22N4O3. The number of benzene rings is 1. The number of hydrogen-bond acceptors (Lipinski definition) is 5. The summed E-state index contributed by atoms with van der Waals surface area (Å²) in [5.74, 6) is -0.554. The number of methoxy groups -OCH3 is 1. The summed E-state index contributed by atoms with van der Waals surface area (Å²) < 4.78 is 4.66. The number of carbonyl (C=O) groups excluding carboxylic acids is 2. The summed E-state index contributed by atoms with van der Waals surface area (Å²) in [5, 5.41) is 6.61. The highest BCUT2D eigenvalue weighted by molar-refractivity contribution is 6.05. The van der Waals surface area contributed by atoms with Crippen LogP contribution in [-0.4, -0.2) is 45.3 Å². The average molecular weight is 306 g/mol. The zero-order valence-electron chi connectivity index (χ0n) is 13.3. The molecule has 0 heterocycles. The Morgan fingerprint density at radius 2 is 1.82 bits per heavy atom. The molecule has 0 spiro atoms. The molecule has 0 bridgehead atoms. The lowest BCUT2D eigenvalue weighted by molar-refractivity contribution is -0.124. The highest BCUT2D eigenvalue weighted by Crippen LogP contribution is 2.15. The molecule has 1 aromatic rings. The first kappa shape index (κ1) is 17.6. The second-order valence-corrected chi connectivity index (χ2v) is 4.98. The van der Waals surface area contributed by atoms with E-state index in [0.29, 0.717) is 11.4 Å². The monoisotopic (exact) mass is 306 g/mol. The maximum atomic E-state index is 11.9. The van der Waals surface area contributed by atoms with Gasteiger partial charge in [0.15, 0.2) is 0 Å². The summed E-state index contributed by atoms with van der Waals surface area (Å²) in [7, 11) is 5.32. The molecule has 0 aromatic heterocycles. The van der Waals surface area contributed by atoms with Crippen molar-refractivity contribution in [2.75, 3.05) is 38.0 Å². The van der Waals surface area contributed by atoms with E-state index in [4.69, 9.17) is 0 Å². The first-order chi connectivity index (χ1) is 10.4. The summed E-state index contributed by atoms with van der Waals surface area (Å²) in [5.41, 5.74) is 4.58. The van der Waals surface area contributed by atoms with E-state index in [1.165, 1.54) is 7.11 Å². The molecule has 1 rings (SSSR count). The van der Waals surface area contributed by atoms with E-state index in [1.807, 2.05) is 43.3 Å². The van der Waals surface area contributed by atoms with Crippen LogP contribution in [0.1, 0.15) is 13.3 Å². The van der Waals surface area contributed by atoms with Gasteiger partial charge >= 0.3 is 0 Å². The van der Waals surface area contributed by atoms with E-state index in [2.05, 4.69) is 20.6 Å². The molecule has 0 fully saturated rings. The molecule has 0 radical (unpaired) electrons. The number of nitrogens with one attached hydrogen (secondary N) is 2. The maximum absolute atomic E-state index is 11.9. The van der Waals surface area contributed by atoms with Gasteiger partial charge in [-0.1, -0.05) is 0 Å². The van der Waals surface area contributed by atoms with E-state index in [9.17, 15) is 9.59 Å². The van der Waals surface area contributed by atoms with Gasteiger partial charge in [0.2, 0.25) is 5.91 Å². The first-order valence-electron chi connectivity index (χ1n) is 6.80. The third kappa shape index (κ3) is 6.36. The quantitative estimate of drug-likeness (QED) is 0.586. The van der Waals surface area contributed by atoms with Gasteiger partial charge in [-0.05, 0) is 31.2 Å². The first-order valence-corrected chi connectivity index (χ1v) is 6.80. The molecule has 0 aliphatic carbocycles. The zero-order valence-corrected chi connectivity index (χ0v) is 13.3. The topological polar surface area (TPSA) is 83.0 Å². The SMILES string of the molecule is COCC(=O)N/N=C(\C)CC(=O)Nc1ccc(N(C)C)cc1. The van der Waals surface area contributed by atoms with Gasteiger partial charge in [0.1, 0.15) is 6.61 Å². The molecule has 0 atom stereocenters. The Kier molecular flexibility index (Phi) is 7.04. The average Bonchev–Trinajstić information content (AvgIpc) is 2.46. The minimum Gasteiger partial charge on any atom is -0.378 e. The minimum atomic E-state index is -0.360. The summed E-state index contributed by atoms with van der Waals surface area (Å²) in [6, 6.07) is 7.50. The molecule has 0 unspecified atom stereocenters. The van der Waals surface area contributed by atoms with Crippen molar-refractivity contribution in [3.63, 3.8) is 0 Å². The van der Waals surface area contributed by atoms with Crippen molar-refractivity contribution < 1.29 is 14.3 Å². The lowest BCUT2D eigenvalue weighted by atomic mass is 10.2. The Balaban J connectivity index is 2.48. The fourth-order valence-corrected chi connectivity index (χ4v) is 1.64. The Labute approximate surface area is 130 Å². The third-order valence-corrected chi connectivity index (χ3v) is 2.73. The van der Waals surface area contributed by atoms with Gasteiger partial charge in [-0.15, -0.1) is 0 Å². The van der Waals surface area contributed by atoms with E-state index >= 15 is 0 Å². The van der Waals surface area contributed by atoms with Crippen molar-refractivity contribution in [1.82, 2.24) is 5.43 Å². The number of hydrazone groups is 1. The van der Waals surface area contributed by atoms with Crippen LogP contribution in [0.2, 0.25) is 0 Å². The molecule has 7 heteroatoms. The molecule has 22 heavy (non-hydrogen) atoms. The predicted octanol–water partition coefficient (Wildman–Crippen LogP) is 1.22. The van der Waals surface area contributed by atoms with Crippen LogP contribution in [0.25, 0.3) is 0 Å². The largest absolute Gasteiger partial charge is 0.378 e. The van der Waals surface area contributed by atoms with Crippen molar-refractivity contribution in [1.29, 1.82) is 0 Å². The Morgan fingerprint density at radius 1 is 1.18 bits per heavy atom. The van der Waals surface area contributed by atoms with Crippen LogP contribution in [0.5, 0.6) is 0 Å². The molecule has 0 aliphatic heterocycles. The van der Waals surface area contributed by atoms with Crippen LogP contribution in [0.4, 0.5) is 11.4 Å². The van der Waals surface area contributed by atoms with E-state index < -0.39 is 0 Å². The standard InChI is InChI=1S/C15H22N4O3/c1-11(17-18-15(21)10-22-4)9-14(20)16-12-5-7-13(8-6-12)19(2)3/h5-8H,9-10H2,1-4H3,(H,16,20)(H,18,21)/b17-11+. The van der Waals surface area contributed by atoms with Crippen molar-refractivity contribution in [3.05, 3.63) is 24.3 Å². The number of ether oxygens (including phenoxy) is 1. The van der Waals surface area contributed by atoms with Gasteiger partial charge in [0.25, 0.3) is 5.91 Å². The molecule has 2 N–H and O–H groups in total. The molecule has 0 saturated carbocycles. The number of anilines is 2. The fourth-order valence-electron chi connectivity index (χ4n) is 1.64. The third-order valence-electron chi connectivity index (χ3n) is 2.73.